The molecule has 0 aliphatic rings. The first-order chi connectivity index (χ1) is 14.3. The summed E-state index contributed by atoms with van der Waals surface area (Å²) in [6, 6.07) is 19.3. The Morgan fingerprint density at radius 1 is 0.867 bits per heavy atom. The van der Waals surface area contributed by atoms with Crippen LogP contribution < -0.4 is 10.5 Å². The fourth-order valence-corrected chi connectivity index (χ4v) is 3.73. The second-order valence-corrected chi connectivity index (χ2v) is 8.25. The molecule has 0 radical (unpaired) electrons. The highest BCUT2D eigenvalue weighted by Gasteiger charge is 2.17. The molecule has 0 aliphatic carbocycles. The number of hydrogen-bond acceptors (Lipinski definition) is 4. The van der Waals surface area contributed by atoms with Crippen LogP contribution in [0.15, 0.2) is 83.9 Å². The van der Waals surface area contributed by atoms with Gasteiger partial charge in [0, 0.05) is 22.9 Å². The molecule has 0 spiro atoms. The van der Waals surface area contributed by atoms with Crippen LogP contribution in [0.2, 0.25) is 5.02 Å². The van der Waals surface area contributed by atoms with E-state index in [0.29, 0.717) is 5.56 Å². The Kier molecular flexibility index (Phi) is 6.47. The highest BCUT2D eigenvalue weighted by molar-refractivity contribution is 7.89. The SMILES string of the molecule is NS(=O)(=O)c1cc(C(=O)c2ccc(C(=O)NC=Cc3ccccc3)cc2)ccc1Cl. The molecule has 0 fully saturated rings. The Hall–Kier alpha value is -3.26. The molecule has 0 aromatic heterocycles. The number of benzene rings is 3. The normalized spacial score (nSPS) is 11.4. The Bertz CT molecular complexity index is 1220. The highest BCUT2D eigenvalue weighted by atomic mass is 35.5. The van der Waals surface area contributed by atoms with Gasteiger partial charge in [0.2, 0.25) is 10.0 Å². The third-order valence-electron chi connectivity index (χ3n) is 4.20. The van der Waals surface area contributed by atoms with Gasteiger partial charge < -0.3 is 5.32 Å². The lowest BCUT2D eigenvalue weighted by molar-refractivity contribution is 0.0968. The lowest BCUT2D eigenvalue weighted by Crippen LogP contribution is -2.17. The maximum absolute atomic E-state index is 12.7. The Balaban J connectivity index is 1.73. The molecular weight excluding hydrogens is 424 g/mol. The van der Waals surface area contributed by atoms with Crippen molar-refractivity contribution < 1.29 is 18.0 Å². The first-order valence-electron chi connectivity index (χ1n) is 8.75. The number of ketones is 1. The van der Waals surface area contributed by atoms with Crippen molar-refractivity contribution in [3.63, 3.8) is 0 Å². The third kappa shape index (κ3) is 5.21. The van der Waals surface area contributed by atoms with Gasteiger partial charge in [0.1, 0.15) is 4.90 Å². The quantitative estimate of drug-likeness (QED) is 0.571. The van der Waals surface area contributed by atoms with E-state index in [1.165, 1.54) is 36.4 Å². The van der Waals surface area contributed by atoms with Gasteiger partial charge >= 0.3 is 0 Å². The summed E-state index contributed by atoms with van der Waals surface area (Å²) in [5.41, 5.74) is 1.71. The molecule has 0 bridgehead atoms. The number of hydrogen-bond donors (Lipinski definition) is 2. The molecule has 0 atom stereocenters. The van der Waals surface area contributed by atoms with E-state index >= 15 is 0 Å². The summed E-state index contributed by atoms with van der Waals surface area (Å²) in [5, 5.41) is 7.72. The van der Waals surface area contributed by atoms with Crippen LogP contribution in [0.3, 0.4) is 0 Å². The summed E-state index contributed by atoms with van der Waals surface area (Å²) in [4.78, 5) is 24.6. The van der Waals surface area contributed by atoms with E-state index in [0.717, 1.165) is 11.6 Å². The summed E-state index contributed by atoms with van der Waals surface area (Å²) in [5.74, 6) is -0.753. The number of carbonyl (C=O) groups excluding carboxylic acids is 2. The maximum Gasteiger partial charge on any atom is 0.255 e. The lowest BCUT2D eigenvalue weighted by atomic mass is 10.0. The zero-order valence-electron chi connectivity index (χ0n) is 15.6. The largest absolute Gasteiger partial charge is 0.329 e. The van der Waals surface area contributed by atoms with Crippen molar-refractivity contribution in [3.8, 4) is 0 Å². The van der Waals surface area contributed by atoms with E-state index in [-0.39, 0.29) is 27.0 Å². The second-order valence-electron chi connectivity index (χ2n) is 6.31. The summed E-state index contributed by atoms with van der Waals surface area (Å²) in [6.45, 7) is 0. The summed E-state index contributed by atoms with van der Waals surface area (Å²) in [6.07, 6.45) is 3.30. The molecule has 152 valence electrons. The molecule has 0 unspecified atom stereocenters. The van der Waals surface area contributed by atoms with Gasteiger partial charge in [0.05, 0.1) is 5.02 Å². The van der Waals surface area contributed by atoms with Gasteiger partial charge in [-0.15, -0.1) is 0 Å². The van der Waals surface area contributed by atoms with Crippen molar-refractivity contribution in [1.82, 2.24) is 5.32 Å². The molecule has 8 heteroatoms. The molecule has 3 rings (SSSR count). The Morgan fingerprint density at radius 3 is 2.10 bits per heavy atom. The van der Waals surface area contributed by atoms with E-state index in [4.69, 9.17) is 16.7 Å². The van der Waals surface area contributed by atoms with Crippen LogP contribution in [0.1, 0.15) is 31.8 Å². The van der Waals surface area contributed by atoms with Crippen molar-refractivity contribution in [2.24, 2.45) is 5.14 Å². The maximum atomic E-state index is 12.7. The molecule has 1 amide bonds. The molecule has 0 saturated heterocycles. The third-order valence-corrected chi connectivity index (χ3v) is 5.59. The van der Waals surface area contributed by atoms with Crippen molar-refractivity contribution in [2.45, 2.75) is 4.90 Å². The number of nitrogens with two attached hydrogens (primary N) is 1. The molecule has 6 nitrogen and oxygen atoms in total. The smallest absolute Gasteiger partial charge is 0.255 e. The standard InChI is InChI=1S/C22H17ClN2O4S/c23-19-11-10-18(14-20(19)30(24,28)29)21(26)16-6-8-17(9-7-16)22(27)25-13-12-15-4-2-1-3-5-15/h1-14H,(H,25,27)(H2,24,28,29). The molecule has 0 saturated carbocycles. The zero-order valence-corrected chi connectivity index (χ0v) is 17.2. The minimum atomic E-state index is -4.06. The van der Waals surface area contributed by atoms with E-state index in [9.17, 15) is 18.0 Å². The van der Waals surface area contributed by atoms with Crippen LogP contribution in [0.25, 0.3) is 6.08 Å². The Morgan fingerprint density at radius 2 is 1.47 bits per heavy atom. The predicted molar refractivity (Wildman–Crippen MR) is 116 cm³/mol. The van der Waals surface area contributed by atoms with E-state index in [1.54, 1.807) is 12.3 Å². The number of amides is 1. The first kappa shape index (κ1) is 21.4. The molecule has 3 N–H and O–H groups in total. The average Bonchev–Trinajstić information content (AvgIpc) is 2.73. The van der Waals surface area contributed by atoms with Crippen molar-refractivity contribution in [3.05, 3.63) is 106 Å². The van der Waals surface area contributed by atoms with Gasteiger partial charge in [-0.3, -0.25) is 9.59 Å². The van der Waals surface area contributed by atoms with E-state index in [2.05, 4.69) is 5.32 Å². The van der Waals surface area contributed by atoms with Crippen molar-refractivity contribution in [2.75, 3.05) is 0 Å². The van der Waals surface area contributed by atoms with Crippen molar-refractivity contribution in [1.29, 1.82) is 0 Å². The number of halogens is 1. The van der Waals surface area contributed by atoms with Gasteiger partial charge in [0.15, 0.2) is 5.78 Å². The number of primary sulfonamides is 1. The lowest BCUT2D eigenvalue weighted by Gasteiger charge is -2.06. The van der Waals surface area contributed by atoms with Gasteiger partial charge in [-0.1, -0.05) is 54.1 Å². The summed E-state index contributed by atoms with van der Waals surface area (Å²) < 4.78 is 23.2. The molecule has 3 aromatic carbocycles. The molecule has 30 heavy (non-hydrogen) atoms. The number of carbonyl (C=O) groups is 2. The Labute approximate surface area is 179 Å². The fraction of sp³-hybridized carbons (Fsp3) is 0. The second kappa shape index (κ2) is 9.04. The van der Waals surface area contributed by atoms with E-state index in [1.807, 2.05) is 30.3 Å². The van der Waals surface area contributed by atoms with Gasteiger partial charge in [-0.05, 0) is 42.0 Å². The number of nitrogens with one attached hydrogen (secondary N) is 1. The molecule has 3 aromatic rings. The zero-order chi connectivity index (χ0) is 21.7. The highest BCUT2D eigenvalue weighted by Crippen LogP contribution is 2.23. The molecular formula is C22H17ClN2O4S. The van der Waals surface area contributed by atoms with Crippen LogP contribution in [0.4, 0.5) is 0 Å². The average molecular weight is 441 g/mol. The first-order valence-corrected chi connectivity index (χ1v) is 10.7. The van der Waals surface area contributed by atoms with Crippen LogP contribution >= 0.6 is 11.6 Å². The topological polar surface area (TPSA) is 106 Å². The monoisotopic (exact) mass is 440 g/mol. The van der Waals surface area contributed by atoms with Crippen LogP contribution in [0.5, 0.6) is 0 Å². The van der Waals surface area contributed by atoms with E-state index < -0.39 is 15.8 Å². The van der Waals surface area contributed by atoms with Gasteiger partial charge in [-0.2, -0.15) is 0 Å². The summed E-state index contributed by atoms with van der Waals surface area (Å²) in [7, 11) is -4.06. The minimum absolute atomic E-state index is 0.0652. The fourth-order valence-electron chi connectivity index (χ4n) is 2.66. The van der Waals surface area contributed by atoms with Crippen LogP contribution in [-0.4, -0.2) is 20.1 Å². The van der Waals surface area contributed by atoms with Crippen LogP contribution in [-0.2, 0) is 10.0 Å². The van der Waals surface area contributed by atoms with Gasteiger partial charge in [-0.25, -0.2) is 13.6 Å². The minimum Gasteiger partial charge on any atom is -0.329 e. The van der Waals surface area contributed by atoms with Gasteiger partial charge in [0.25, 0.3) is 5.91 Å². The van der Waals surface area contributed by atoms with Crippen LogP contribution in [0, 0.1) is 0 Å². The molecule has 0 aliphatic heterocycles. The summed E-state index contributed by atoms with van der Waals surface area (Å²) >= 11 is 5.85. The molecule has 0 heterocycles. The predicted octanol–water partition coefficient (Wildman–Crippen LogP) is 3.62. The van der Waals surface area contributed by atoms with Crippen molar-refractivity contribution >= 4 is 39.4 Å². The number of rotatable bonds is 6. The number of sulfonamides is 1.